The van der Waals surface area contributed by atoms with Gasteiger partial charge in [-0.2, -0.15) is 0 Å². The van der Waals surface area contributed by atoms with Gasteiger partial charge >= 0.3 is 6.03 Å². The summed E-state index contributed by atoms with van der Waals surface area (Å²) in [6.45, 7) is 7.20. The number of hydrogen-bond acceptors (Lipinski definition) is 3. The van der Waals surface area contributed by atoms with Crippen molar-refractivity contribution in [3.05, 3.63) is 0 Å². The summed E-state index contributed by atoms with van der Waals surface area (Å²) >= 11 is 0. The molecule has 1 aliphatic carbocycles. The minimum absolute atomic E-state index is 0.0259. The summed E-state index contributed by atoms with van der Waals surface area (Å²) in [7, 11) is -0.837. The second kappa shape index (κ2) is 7.58. The molecule has 5 nitrogen and oxygen atoms in total. The van der Waals surface area contributed by atoms with Crippen LogP contribution >= 0.6 is 0 Å². The summed E-state index contributed by atoms with van der Waals surface area (Å²) in [5.41, 5.74) is 0. The molecule has 1 aliphatic heterocycles. The largest absolute Gasteiger partial charge is 0.372 e. The average molecular weight is 316 g/mol. The van der Waals surface area contributed by atoms with Crippen LogP contribution in [-0.2, 0) is 15.5 Å². The summed E-state index contributed by atoms with van der Waals surface area (Å²) in [5, 5.41) is 3.25. The number of nitrogens with zero attached hydrogens (tertiary/aromatic N) is 1. The fourth-order valence-corrected chi connectivity index (χ4v) is 4.81. The summed E-state index contributed by atoms with van der Waals surface area (Å²) in [6.07, 6.45) is 4.28. The molecule has 0 aromatic rings. The normalized spacial score (nSPS) is 35.3. The second-order valence-electron chi connectivity index (χ2n) is 6.21. The van der Waals surface area contributed by atoms with Gasteiger partial charge in [0.05, 0.1) is 17.5 Å². The van der Waals surface area contributed by atoms with Crippen molar-refractivity contribution in [1.82, 2.24) is 10.2 Å². The Morgan fingerprint density at radius 1 is 1.24 bits per heavy atom. The number of amides is 2. The Kier molecular flexibility index (Phi) is 6.05. The highest BCUT2D eigenvalue weighted by molar-refractivity contribution is 7.85. The van der Waals surface area contributed by atoms with E-state index in [1.807, 2.05) is 25.7 Å². The lowest BCUT2D eigenvalue weighted by Crippen LogP contribution is -2.56. The maximum absolute atomic E-state index is 12.5. The third-order valence-corrected chi connectivity index (χ3v) is 6.15. The van der Waals surface area contributed by atoms with Crippen molar-refractivity contribution in [2.45, 2.75) is 70.0 Å². The van der Waals surface area contributed by atoms with Gasteiger partial charge in [0.1, 0.15) is 0 Å². The van der Waals surface area contributed by atoms with Crippen LogP contribution < -0.4 is 5.32 Å². The predicted octanol–water partition coefficient (Wildman–Crippen LogP) is 1.89. The molecular weight excluding hydrogens is 288 g/mol. The molecule has 5 atom stereocenters. The van der Waals surface area contributed by atoms with E-state index in [4.69, 9.17) is 4.74 Å². The van der Waals surface area contributed by atoms with Crippen molar-refractivity contribution in [3.8, 4) is 0 Å². The lowest BCUT2D eigenvalue weighted by molar-refractivity contribution is -0.0548. The second-order valence-corrected chi connectivity index (χ2v) is 8.15. The molecule has 1 saturated heterocycles. The molecule has 0 spiro atoms. The van der Waals surface area contributed by atoms with Crippen molar-refractivity contribution in [2.24, 2.45) is 0 Å². The fraction of sp³-hybridized carbons (Fsp3) is 0.933. The molecule has 2 amide bonds. The Morgan fingerprint density at radius 3 is 2.48 bits per heavy atom. The number of hydrogen-bond donors (Lipinski definition) is 1. The first-order valence-electron chi connectivity index (χ1n) is 8.09. The van der Waals surface area contributed by atoms with E-state index in [1.165, 1.54) is 0 Å². The fourth-order valence-electron chi connectivity index (χ4n) is 3.38. The molecule has 21 heavy (non-hydrogen) atoms. The maximum Gasteiger partial charge on any atom is 0.317 e. The van der Waals surface area contributed by atoms with Gasteiger partial charge < -0.3 is 15.0 Å². The number of morpholine rings is 1. The Hall–Kier alpha value is -0.620. The van der Waals surface area contributed by atoms with Crippen LogP contribution in [0.5, 0.6) is 0 Å². The molecule has 0 radical (unpaired) electrons. The van der Waals surface area contributed by atoms with E-state index in [0.717, 1.165) is 25.7 Å². The summed E-state index contributed by atoms with van der Waals surface area (Å²) in [5.74, 6) is 0.669. The van der Waals surface area contributed by atoms with Gasteiger partial charge in [-0.25, -0.2) is 4.79 Å². The Bertz CT molecular complexity index is 381. The van der Waals surface area contributed by atoms with Gasteiger partial charge in [-0.3, -0.25) is 4.21 Å². The van der Waals surface area contributed by atoms with E-state index in [1.54, 1.807) is 0 Å². The summed E-state index contributed by atoms with van der Waals surface area (Å²) in [6, 6.07) is 0.0301. The van der Waals surface area contributed by atoms with Crippen molar-refractivity contribution < 1.29 is 13.7 Å². The van der Waals surface area contributed by atoms with E-state index in [0.29, 0.717) is 18.8 Å². The van der Waals surface area contributed by atoms with Crippen molar-refractivity contribution >= 4 is 16.8 Å². The molecule has 0 unspecified atom stereocenters. The van der Waals surface area contributed by atoms with E-state index < -0.39 is 10.8 Å². The predicted molar refractivity (Wildman–Crippen MR) is 84.8 cm³/mol. The third-order valence-electron chi connectivity index (χ3n) is 4.34. The Balaban J connectivity index is 1.95. The van der Waals surface area contributed by atoms with Gasteiger partial charge in [-0.1, -0.05) is 19.8 Å². The van der Waals surface area contributed by atoms with Gasteiger partial charge in [-0.15, -0.1) is 0 Å². The number of urea groups is 1. The first-order chi connectivity index (χ1) is 10.0. The number of nitrogens with one attached hydrogen (secondary N) is 1. The van der Waals surface area contributed by atoms with Crippen molar-refractivity contribution in [2.75, 3.05) is 18.8 Å². The zero-order chi connectivity index (χ0) is 15.4. The summed E-state index contributed by atoms with van der Waals surface area (Å²) < 4.78 is 17.8. The SMILES string of the molecule is CC[S@](=O)[C@@H]1CCCC[C@@H]1NC(=O)N1C[C@H](C)O[C@@H](C)C1. The molecule has 0 aromatic carbocycles. The van der Waals surface area contributed by atoms with Gasteiger partial charge in [0, 0.05) is 35.7 Å². The molecule has 0 bridgehead atoms. The van der Waals surface area contributed by atoms with Crippen LogP contribution in [0.3, 0.4) is 0 Å². The Labute approximate surface area is 130 Å². The maximum atomic E-state index is 12.5. The molecule has 122 valence electrons. The monoisotopic (exact) mass is 316 g/mol. The highest BCUT2D eigenvalue weighted by Crippen LogP contribution is 2.23. The van der Waals surface area contributed by atoms with Crippen LogP contribution in [0, 0.1) is 0 Å². The van der Waals surface area contributed by atoms with Gasteiger partial charge in [0.15, 0.2) is 0 Å². The third kappa shape index (κ3) is 4.42. The van der Waals surface area contributed by atoms with Crippen LogP contribution in [0.25, 0.3) is 0 Å². The van der Waals surface area contributed by atoms with Gasteiger partial charge in [0.2, 0.25) is 0 Å². The van der Waals surface area contributed by atoms with Crippen LogP contribution in [0.2, 0.25) is 0 Å². The zero-order valence-corrected chi connectivity index (χ0v) is 14.2. The van der Waals surface area contributed by atoms with Crippen molar-refractivity contribution in [3.63, 3.8) is 0 Å². The summed E-state index contributed by atoms with van der Waals surface area (Å²) in [4.78, 5) is 14.3. The standard InChI is InChI=1S/C15H28N2O3S/c1-4-21(19)14-8-6-5-7-13(14)16-15(18)17-9-11(2)20-12(3)10-17/h11-14H,4-10H2,1-3H3,(H,16,18)/t11-,12-,13-,14+,21-/m0/s1. The highest BCUT2D eigenvalue weighted by atomic mass is 32.2. The minimum atomic E-state index is -0.837. The van der Waals surface area contributed by atoms with Crippen LogP contribution in [-0.4, -0.2) is 57.5 Å². The number of carbonyl (C=O) groups excluding carboxylic acids is 1. The minimum Gasteiger partial charge on any atom is -0.372 e. The van der Waals surface area contributed by atoms with Gasteiger partial charge in [0.25, 0.3) is 0 Å². The molecular formula is C15H28N2O3S. The van der Waals surface area contributed by atoms with E-state index >= 15 is 0 Å². The van der Waals surface area contributed by atoms with E-state index in [2.05, 4.69) is 5.32 Å². The topological polar surface area (TPSA) is 58.6 Å². The van der Waals surface area contributed by atoms with E-state index in [-0.39, 0.29) is 29.5 Å². The molecule has 2 fully saturated rings. The quantitative estimate of drug-likeness (QED) is 0.865. The molecule has 2 aliphatic rings. The zero-order valence-electron chi connectivity index (χ0n) is 13.3. The average Bonchev–Trinajstić information content (AvgIpc) is 2.46. The Morgan fingerprint density at radius 2 is 1.86 bits per heavy atom. The first-order valence-corrected chi connectivity index (χ1v) is 9.47. The number of ether oxygens (including phenoxy) is 1. The molecule has 1 saturated carbocycles. The molecule has 6 heteroatoms. The first kappa shape index (κ1) is 16.7. The highest BCUT2D eigenvalue weighted by Gasteiger charge is 2.33. The molecule has 0 aromatic heterocycles. The van der Waals surface area contributed by atoms with Crippen LogP contribution in [0.15, 0.2) is 0 Å². The van der Waals surface area contributed by atoms with E-state index in [9.17, 15) is 9.00 Å². The van der Waals surface area contributed by atoms with Gasteiger partial charge in [-0.05, 0) is 26.7 Å². The smallest absolute Gasteiger partial charge is 0.317 e. The lowest BCUT2D eigenvalue weighted by Gasteiger charge is -2.38. The molecule has 1 N–H and O–H groups in total. The molecule has 1 heterocycles. The number of carbonyl (C=O) groups is 1. The molecule has 2 rings (SSSR count). The van der Waals surface area contributed by atoms with Crippen LogP contribution in [0.1, 0.15) is 46.5 Å². The lowest BCUT2D eigenvalue weighted by atomic mass is 9.95. The van der Waals surface area contributed by atoms with Crippen LogP contribution in [0.4, 0.5) is 4.79 Å². The van der Waals surface area contributed by atoms with Crippen molar-refractivity contribution in [1.29, 1.82) is 0 Å². The number of rotatable bonds is 3.